The van der Waals surface area contributed by atoms with E-state index in [1.54, 1.807) is 36.4 Å². The van der Waals surface area contributed by atoms with E-state index in [-0.39, 0.29) is 19.0 Å². The third kappa shape index (κ3) is 12.1. The second-order valence-electron chi connectivity index (χ2n) is 7.64. The molecule has 37 heavy (non-hydrogen) atoms. The van der Waals surface area contributed by atoms with Gasteiger partial charge in [-0.1, -0.05) is 30.3 Å². The molecule has 0 aliphatic carbocycles. The molecule has 0 aliphatic rings. The van der Waals surface area contributed by atoms with Crippen LogP contribution in [0.5, 0.6) is 5.75 Å². The summed E-state index contributed by atoms with van der Waals surface area (Å²) in [5, 5.41) is 8.59. The van der Waals surface area contributed by atoms with Crippen molar-refractivity contribution in [3.63, 3.8) is 0 Å². The molecule has 0 fully saturated rings. The van der Waals surface area contributed by atoms with Crippen molar-refractivity contribution < 1.29 is 47.8 Å². The van der Waals surface area contributed by atoms with Crippen LogP contribution >= 0.6 is 0 Å². The van der Waals surface area contributed by atoms with Gasteiger partial charge in [-0.2, -0.15) is 0 Å². The maximum atomic E-state index is 12.6. The monoisotopic (exact) mass is 522 g/mol. The fourth-order valence-electron chi connectivity index (χ4n) is 3.07. The number of carbonyl (C=O) groups excluding carboxylic acids is 1. The first-order chi connectivity index (χ1) is 18.1. The minimum Gasteiger partial charge on any atom is -0.437 e. The summed E-state index contributed by atoms with van der Waals surface area (Å²) in [7, 11) is 2.92. The van der Waals surface area contributed by atoms with E-state index >= 15 is 0 Å². The Labute approximate surface area is 218 Å². The molecule has 0 aliphatic heterocycles. The molecule has 206 valence electrons. The number of aliphatic hydroxyl groups excluding tert-OH is 1. The molecule has 0 radical (unpaired) electrons. The molecule has 10 nitrogen and oxygen atoms in total. The highest BCUT2D eigenvalue weighted by Gasteiger charge is 2.33. The second-order valence-corrected chi connectivity index (χ2v) is 7.64. The minimum absolute atomic E-state index is 0.00388. The van der Waals surface area contributed by atoms with E-state index in [9.17, 15) is 4.79 Å². The Kier molecular flexibility index (Phi) is 15.6. The molecule has 1 N–H and O–H groups in total. The minimum atomic E-state index is -1.45. The third-order valence-electron chi connectivity index (χ3n) is 5.05. The molecule has 0 aromatic heterocycles. The Morgan fingerprint density at radius 1 is 0.649 bits per heavy atom. The zero-order chi connectivity index (χ0) is 26.6. The average Bonchev–Trinajstić information content (AvgIpc) is 2.95. The van der Waals surface area contributed by atoms with Gasteiger partial charge in [-0.3, -0.25) is 4.79 Å². The molecule has 0 amide bonds. The smallest absolute Gasteiger partial charge is 0.351 e. The molecule has 2 rings (SSSR count). The van der Waals surface area contributed by atoms with Crippen LogP contribution in [0, 0.1) is 0 Å². The van der Waals surface area contributed by atoms with E-state index in [4.69, 9.17) is 43.0 Å². The lowest BCUT2D eigenvalue weighted by Crippen LogP contribution is -2.45. The zero-order valence-electron chi connectivity index (χ0n) is 21.6. The zero-order valence-corrected chi connectivity index (χ0v) is 21.6. The lowest BCUT2D eigenvalue weighted by Gasteiger charge is -2.30. The Bertz CT molecular complexity index is 840. The summed E-state index contributed by atoms with van der Waals surface area (Å²) in [6.07, 6.45) is 0. The van der Waals surface area contributed by atoms with Crippen LogP contribution < -0.4 is 4.74 Å². The first-order valence-electron chi connectivity index (χ1n) is 12.1. The van der Waals surface area contributed by atoms with Crippen molar-refractivity contribution in [2.75, 3.05) is 86.9 Å². The number of ether oxygens (including phenoxy) is 8. The molecule has 0 bridgehead atoms. The molecule has 0 atom stereocenters. The van der Waals surface area contributed by atoms with Gasteiger partial charge in [0, 0.05) is 25.3 Å². The van der Waals surface area contributed by atoms with Crippen molar-refractivity contribution in [1.82, 2.24) is 0 Å². The second kappa shape index (κ2) is 18.8. The summed E-state index contributed by atoms with van der Waals surface area (Å²) >= 11 is 0. The van der Waals surface area contributed by atoms with Crippen LogP contribution in [0.4, 0.5) is 0 Å². The highest BCUT2D eigenvalue weighted by atomic mass is 16.9. The molecule has 0 saturated heterocycles. The number of aliphatic hydroxyl groups is 1. The largest absolute Gasteiger partial charge is 0.437 e. The van der Waals surface area contributed by atoms with Crippen LogP contribution in [-0.2, 0) is 33.2 Å². The van der Waals surface area contributed by atoms with Crippen LogP contribution in [0.3, 0.4) is 0 Å². The third-order valence-corrected chi connectivity index (χ3v) is 5.05. The highest BCUT2D eigenvalue weighted by Crippen LogP contribution is 2.22. The normalized spacial score (nSPS) is 11.5. The maximum Gasteiger partial charge on any atom is 0.351 e. The molecule has 2 aromatic rings. The summed E-state index contributed by atoms with van der Waals surface area (Å²) in [5.41, 5.74) is 1.17. The fraction of sp³-hybridized carbons (Fsp3) is 0.519. The van der Waals surface area contributed by atoms with Gasteiger partial charge >= 0.3 is 5.97 Å². The topological polar surface area (TPSA) is 111 Å². The molecular formula is C27H38O10. The molecule has 0 unspecified atom stereocenters. The van der Waals surface area contributed by atoms with Crippen molar-refractivity contribution in [3.05, 3.63) is 65.7 Å². The van der Waals surface area contributed by atoms with Crippen LogP contribution in [-0.4, -0.2) is 104 Å². The van der Waals surface area contributed by atoms with Gasteiger partial charge in [0.1, 0.15) is 12.4 Å². The summed E-state index contributed by atoms with van der Waals surface area (Å²) in [6, 6.07) is 15.8. The predicted molar refractivity (Wildman–Crippen MR) is 135 cm³/mol. The Morgan fingerprint density at radius 3 is 1.59 bits per heavy atom. The van der Waals surface area contributed by atoms with E-state index in [1.807, 2.05) is 18.2 Å². The lowest BCUT2D eigenvalue weighted by molar-refractivity contribution is -0.340. The number of methoxy groups -OCH3 is 2. The first-order valence-corrected chi connectivity index (χ1v) is 12.1. The number of ketones is 1. The molecule has 0 saturated carbocycles. The summed E-state index contributed by atoms with van der Waals surface area (Å²) in [4.78, 5) is 12.6. The number of hydrogen-bond donors (Lipinski definition) is 1. The van der Waals surface area contributed by atoms with Crippen LogP contribution in [0.2, 0.25) is 0 Å². The molecule has 0 spiro atoms. The van der Waals surface area contributed by atoms with Crippen LogP contribution in [0.15, 0.2) is 54.6 Å². The SMILES string of the molecule is COC(COCCOCCOCCOCCOCCO)(OC)Oc1ccc(C(=O)c2ccccc2)cc1. The standard InChI is InChI=1S/C27H38O10/c1-30-27(31-2,22-36-21-20-35-19-18-34-17-16-33-15-14-32-13-12-28)37-25-10-8-24(9-11-25)26(29)23-6-4-3-5-7-23/h3-11,28H,12-22H2,1-2H3. The van der Waals surface area contributed by atoms with E-state index in [1.165, 1.54) is 14.2 Å². The van der Waals surface area contributed by atoms with Gasteiger partial charge in [-0.25, -0.2) is 0 Å². The van der Waals surface area contributed by atoms with Crippen molar-refractivity contribution in [2.45, 2.75) is 5.97 Å². The van der Waals surface area contributed by atoms with Crippen LogP contribution in [0.25, 0.3) is 0 Å². The van der Waals surface area contributed by atoms with E-state index in [0.717, 1.165) is 0 Å². The highest BCUT2D eigenvalue weighted by molar-refractivity contribution is 6.08. The maximum absolute atomic E-state index is 12.6. The number of rotatable bonds is 22. The molecular weight excluding hydrogens is 484 g/mol. The van der Waals surface area contributed by atoms with Crippen LogP contribution in [0.1, 0.15) is 15.9 Å². The van der Waals surface area contributed by atoms with Gasteiger partial charge < -0.3 is 43.0 Å². The lowest BCUT2D eigenvalue weighted by atomic mass is 10.0. The Balaban J connectivity index is 1.61. The Morgan fingerprint density at radius 2 is 1.11 bits per heavy atom. The number of hydrogen-bond acceptors (Lipinski definition) is 10. The summed E-state index contributed by atoms with van der Waals surface area (Å²) in [6.45, 7) is 3.70. The van der Waals surface area contributed by atoms with Gasteiger partial charge in [0.05, 0.1) is 66.1 Å². The number of benzene rings is 2. The Hall–Kier alpha value is -2.41. The van der Waals surface area contributed by atoms with Gasteiger partial charge in [-0.05, 0) is 24.3 Å². The molecule has 0 heterocycles. The van der Waals surface area contributed by atoms with Crippen molar-refractivity contribution in [3.8, 4) is 5.75 Å². The van der Waals surface area contributed by atoms with E-state index < -0.39 is 5.97 Å². The van der Waals surface area contributed by atoms with E-state index in [0.29, 0.717) is 76.3 Å². The van der Waals surface area contributed by atoms with Gasteiger partial charge in [-0.15, -0.1) is 0 Å². The van der Waals surface area contributed by atoms with Crippen molar-refractivity contribution in [1.29, 1.82) is 0 Å². The van der Waals surface area contributed by atoms with Gasteiger partial charge in [0.2, 0.25) is 0 Å². The first kappa shape index (κ1) is 30.8. The van der Waals surface area contributed by atoms with Crippen molar-refractivity contribution in [2.24, 2.45) is 0 Å². The van der Waals surface area contributed by atoms with Crippen molar-refractivity contribution >= 4 is 5.78 Å². The quantitative estimate of drug-likeness (QED) is 0.140. The average molecular weight is 523 g/mol. The predicted octanol–water partition coefficient (Wildman–Crippen LogP) is 2.32. The van der Waals surface area contributed by atoms with Gasteiger partial charge in [0.15, 0.2) is 5.78 Å². The fourth-order valence-corrected chi connectivity index (χ4v) is 3.07. The summed E-state index contributed by atoms with van der Waals surface area (Å²) < 4.78 is 43.7. The molecule has 2 aromatic carbocycles. The number of carbonyl (C=O) groups is 1. The van der Waals surface area contributed by atoms with Gasteiger partial charge in [0.25, 0.3) is 0 Å². The van der Waals surface area contributed by atoms with E-state index in [2.05, 4.69) is 0 Å². The molecule has 10 heteroatoms. The summed E-state index contributed by atoms with van der Waals surface area (Å²) in [5.74, 6) is -1.05.